The van der Waals surface area contributed by atoms with Gasteiger partial charge in [0.1, 0.15) is 27.9 Å². The van der Waals surface area contributed by atoms with E-state index in [1.54, 1.807) is 0 Å². The van der Waals surface area contributed by atoms with Crippen molar-refractivity contribution in [1.82, 2.24) is 14.5 Å². The molecule has 0 radical (unpaired) electrons. The Morgan fingerprint density at radius 1 is 0.431 bits per heavy atom. The van der Waals surface area contributed by atoms with Crippen molar-refractivity contribution in [3.8, 4) is 17.2 Å². The van der Waals surface area contributed by atoms with Gasteiger partial charge in [-0.25, -0.2) is 9.97 Å². The van der Waals surface area contributed by atoms with Crippen LogP contribution in [0.15, 0.2) is 160 Å². The minimum absolute atomic E-state index is 0.560. The molecular formula is C46H25N3O2. The molecule has 0 saturated heterocycles. The average molecular weight is 652 g/mol. The van der Waals surface area contributed by atoms with Crippen molar-refractivity contribution in [2.75, 3.05) is 0 Å². The number of nitrogens with zero attached hydrogens (tertiary/aromatic N) is 3. The van der Waals surface area contributed by atoms with E-state index in [0.29, 0.717) is 11.5 Å². The highest BCUT2D eigenvalue weighted by Crippen LogP contribution is 2.47. The monoisotopic (exact) mass is 651 g/mol. The van der Waals surface area contributed by atoms with Crippen LogP contribution in [0.1, 0.15) is 0 Å². The Bertz CT molecular complexity index is 3440. The highest BCUT2D eigenvalue weighted by atomic mass is 16.3. The number of para-hydroxylation sites is 2. The summed E-state index contributed by atoms with van der Waals surface area (Å²) in [5, 5.41) is 12.4. The number of rotatable bonds is 2. The predicted octanol–water partition coefficient (Wildman–Crippen LogP) is 12.5. The summed E-state index contributed by atoms with van der Waals surface area (Å²) in [5.41, 5.74) is 7.55. The van der Waals surface area contributed by atoms with Crippen LogP contribution in [-0.2, 0) is 0 Å². The maximum absolute atomic E-state index is 6.89. The molecule has 4 aromatic heterocycles. The van der Waals surface area contributed by atoms with E-state index in [2.05, 4.69) is 132 Å². The Kier molecular flexibility index (Phi) is 5.17. The van der Waals surface area contributed by atoms with Gasteiger partial charge in [-0.2, -0.15) is 0 Å². The molecule has 0 aliphatic carbocycles. The minimum Gasteiger partial charge on any atom is -0.454 e. The number of fused-ring (bicyclic) bond motifs is 16. The first-order chi connectivity index (χ1) is 25.3. The lowest BCUT2D eigenvalue weighted by Crippen LogP contribution is -2.03. The zero-order valence-corrected chi connectivity index (χ0v) is 27.1. The van der Waals surface area contributed by atoms with Gasteiger partial charge in [-0.15, -0.1) is 0 Å². The second-order valence-corrected chi connectivity index (χ2v) is 13.3. The van der Waals surface area contributed by atoms with Crippen LogP contribution in [0.3, 0.4) is 0 Å². The van der Waals surface area contributed by atoms with Crippen LogP contribution < -0.4 is 0 Å². The Balaban J connectivity index is 1.33. The van der Waals surface area contributed by atoms with Crippen LogP contribution in [0.25, 0.3) is 115 Å². The Morgan fingerprint density at radius 2 is 1.04 bits per heavy atom. The summed E-state index contributed by atoms with van der Waals surface area (Å²) in [6.07, 6.45) is 0. The molecule has 12 rings (SSSR count). The number of furan rings is 2. The van der Waals surface area contributed by atoms with Gasteiger partial charge in [-0.05, 0) is 62.6 Å². The summed E-state index contributed by atoms with van der Waals surface area (Å²) in [5.74, 6) is 0.560. The van der Waals surface area contributed by atoms with Crippen LogP contribution in [0.2, 0.25) is 0 Å². The molecule has 236 valence electrons. The van der Waals surface area contributed by atoms with Gasteiger partial charge in [0, 0.05) is 32.5 Å². The molecule has 0 aliphatic rings. The second-order valence-electron chi connectivity index (χ2n) is 13.3. The Hall–Kier alpha value is -6.98. The molecule has 5 heteroatoms. The first kappa shape index (κ1) is 26.9. The van der Waals surface area contributed by atoms with Crippen molar-refractivity contribution in [1.29, 1.82) is 0 Å². The van der Waals surface area contributed by atoms with Crippen molar-refractivity contribution < 1.29 is 8.83 Å². The molecule has 0 spiro atoms. The third-order valence-corrected chi connectivity index (χ3v) is 10.6. The normalized spacial score (nSPS) is 12.3. The highest BCUT2D eigenvalue weighted by Gasteiger charge is 2.27. The van der Waals surface area contributed by atoms with Gasteiger partial charge in [-0.1, -0.05) is 121 Å². The molecular weight excluding hydrogens is 627 g/mol. The van der Waals surface area contributed by atoms with Gasteiger partial charge in [0.05, 0.1) is 5.52 Å². The molecule has 0 aliphatic heterocycles. The highest BCUT2D eigenvalue weighted by molar-refractivity contribution is 6.37. The average Bonchev–Trinajstić information content (AvgIpc) is 3.88. The fourth-order valence-electron chi connectivity index (χ4n) is 8.35. The van der Waals surface area contributed by atoms with E-state index < -0.39 is 0 Å². The number of hydrogen-bond donors (Lipinski definition) is 0. The smallest absolute Gasteiger partial charge is 0.236 e. The lowest BCUT2D eigenvalue weighted by atomic mass is 9.97. The molecule has 0 N–H and O–H groups in total. The molecule has 0 bridgehead atoms. The number of aromatic nitrogens is 3. The molecule has 0 fully saturated rings. The summed E-state index contributed by atoms with van der Waals surface area (Å²) in [4.78, 5) is 10.8. The third-order valence-electron chi connectivity index (χ3n) is 10.6. The van der Waals surface area contributed by atoms with Crippen molar-refractivity contribution >= 4 is 98.1 Å². The largest absolute Gasteiger partial charge is 0.454 e. The van der Waals surface area contributed by atoms with Gasteiger partial charge < -0.3 is 8.83 Å². The molecule has 5 nitrogen and oxygen atoms in total. The summed E-state index contributed by atoms with van der Waals surface area (Å²) in [6, 6.07) is 53.0. The van der Waals surface area contributed by atoms with Crippen molar-refractivity contribution in [3.63, 3.8) is 0 Å². The van der Waals surface area contributed by atoms with Crippen LogP contribution in [0.4, 0.5) is 0 Å². The maximum atomic E-state index is 6.89. The lowest BCUT2D eigenvalue weighted by molar-refractivity contribution is 0.666. The van der Waals surface area contributed by atoms with Crippen LogP contribution >= 0.6 is 0 Å². The fraction of sp³-hybridized carbons (Fsp3) is 0. The van der Waals surface area contributed by atoms with Crippen molar-refractivity contribution in [3.05, 3.63) is 152 Å². The number of benzene rings is 8. The molecule has 12 aromatic rings. The molecule has 0 atom stereocenters. The first-order valence-electron chi connectivity index (χ1n) is 17.2. The summed E-state index contributed by atoms with van der Waals surface area (Å²) in [6.45, 7) is 0. The van der Waals surface area contributed by atoms with E-state index in [1.807, 2.05) is 24.3 Å². The van der Waals surface area contributed by atoms with E-state index in [9.17, 15) is 0 Å². The molecule has 8 aromatic carbocycles. The topological polar surface area (TPSA) is 57.0 Å². The Morgan fingerprint density at radius 3 is 1.86 bits per heavy atom. The van der Waals surface area contributed by atoms with E-state index in [4.69, 9.17) is 18.8 Å². The number of hydrogen-bond acceptors (Lipinski definition) is 4. The van der Waals surface area contributed by atoms with Crippen molar-refractivity contribution in [2.24, 2.45) is 0 Å². The summed E-state index contributed by atoms with van der Waals surface area (Å²) < 4.78 is 15.7. The van der Waals surface area contributed by atoms with Gasteiger partial charge in [0.2, 0.25) is 5.95 Å². The van der Waals surface area contributed by atoms with Gasteiger partial charge in [-0.3, -0.25) is 4.57 Å². The van der Waals surface area contributed by atoms with Crippen molar-refractivity contribution in [2.45, 2.75) is 0 Å². The molecule has 51 heavy (non-hydrogen) atoms. The predicted molar refractivity (Wildman–Crippen MR) is 209 cm³/mol. The van der Waals surface area contributed by atoms with Crippen LogP contribution in [0.5, 0.6) is 0 Å². The second kappa shape index (κ2) is 9.80. The molecule has 0 amide bonds. The quantitative estimate of drug-likeness (QED) is 0.187. The summed E-state index contributed by atoms with van der Waals surface area (Å²) in [7, 11) is 0. The molecule has 0 unspecified atom stereocenters. The van der Waals surface area contributed by atoms with Crippen LogP contribution in [0, 0.1) is 0 Å². The summed E-state index contributed by atoms with van der Waals surface area (Å²) >= 11 is 0. The van der Waals surface area contributed by atoms with Gasteiger partial charge in [0.25, 0.3) is 0 Å². The first-order valence-corrected chi connectivity index (χ1v) is 17.2. The fourth-order valence-corrected chi connectivity index (χ4v) is 8.35. The van der Waals surface area contributed by atoms with Crippen LogP contribution in [-0.4, -0.2) is 14.5 Å². The third kappa shape index (κ3) is 3.59. The standard InChI is InChI=1S/C46H25N3O2/c1-2-13-28-25-29(22-21-26(28)11-1)41-45-42(34-18-8-10-20-37(34)51-45)48-46(47-41)49-35-24-23-27-12-3-4-14-30(27)39(35)40-32-16-6-5-15-31(32)38-33-17-7-9-19-36(33)50-44(38)43(40)49/h1-25H. The lowest BCUT2D eigenvalue weighted by Gasteiger charge is -2.11. The van der Waals surface area contributed by atoms with E-state index in [0.717, 1.165) is 87.6 Å². The van der Waals surface area contributed by atoms with E-state index in [-0.39, 0.29) is 0 Å². The zero-order chi connectivity index (χ0) is 33.2. The molecule has 0 saturated carbocycles. The maximum Gasteiger partial charge on any atom is 0.236 e. The molecule has 4 heterocycles. The van der Waals surface area contributed by atoms with E-state index >= 15 is 0 Å². The zero-order valence-electron chi connectivity index (χ0n) is 27.1. The minimum atomic E-state index is 0.560. The van der Waals surface area contributed by atoms with Gasteiger partial charge >= 0.3 is 0 Å². The van der Waals surface area contributed by atoms with Gasteiger partial charge in [0.15, 0.2) is 11.2 Å². The Labute approximate surface area is 289 Å². The SMILES string of the molecule is c1ccc2cc(-c3nc(-n4c5ccc6ccccc6c5c5c6ccccc6c6c7ccccc7oc6c54)nc4c3oc3ccccc34)ccc2c1. The van der Waals surface area contributed by atoms with E-state index in [1.165, 1.54) is 16.2 Å².